The molecule has 0 bridgehead atoms. The maximum Gasteiger partial charge on any atom is 0.498 e. The number of hydrogen-bond acceptors (Lipinski definition) is 6. The molecule has 0 radical (unpaired) electrons. The van der Waals surface area contributed by atoms with Crippen LogP contribution in [0.3, 0.4) is 0 Å². The number of esters is 1. The van der Waals surface area contributed by atoms with Crippen LogP contribution in [0.1, 0.15) is 58.8 Å². The van der Waals surface area contributed by atoms with Crippen LogP contribution in [0.5, 0.6) is 11.5 Å². The number of benzene rings is 1. The predicted octanol–water partition coefficient (Wildman–Crippen LogP) is 2.67. The van der Waals surface area contributed by atoms with Crippen molar-refractivity contribution in [2.24, 2.45) is 0 Å². The van der Waals surface area contributed by atoms with Crippen molar-refractivity contribution in [3.05, 3.63) is 17.7 Å². The van der Waals surface area contributed by atoms with Gasteiger partial charge >= 0.3 is 13.1 Å². The van der Waals surface area contributed by atoms with E-state index in [0.29, 0.717) is 23.6 Å². The van der Waals surface area contributed by atoms with Crippen LogP contribution in [0.2, 0.25) is 0 Å². The molecule has 6 nitrogen and oxygen atoms in total. The maximum absolute atomic E-state index is 12.6. The molecular weight excluding hydrogens is 323 g/mol. The molecule has 0 unspecified atom stereocenters. The minimum absolute atomic E-state index is 0.272. The Balaban J connectivity index is 2.11. The second-order valence-electron chi connectivity index (χ2n) is 7.77. The molecule has 0 atom stereocenters. The first-order chi connectivity index (χ1) is 11.5. The summed E-state index contributed by atoms with van der Waals surface area (Å²) in [5.74, 6) is -0.732. The molecule has 0 amide bonds. The summed E-state index contributed by atoms with van der Waals surface area (Å²) in [5, 5.41) is 0. The first-order valence-electron chi connectivity index (χ1n) is 8.55. The van der Waals surface area contributed by atoms with Crippen molar-refractivity contribution in [1.82, 2.24) is 0 Å². The third kappa shape index (κ3) is 3.00. The van der Waals surface area contributed by atoms with Crippen LogP contribution in [-0.2, 0) is 14.0 Å². The first-order valence-corrected chi connectivity index (χ1v) is 8.55. The van der Waals surface area contributed by atoms with Crippen molar-refractivity contribution < 1.29 is 28.3 Å². The van der Waals surface area contributed by atoms with Gasteiger partial charge in [0.1, 0.15) is 17.1 Å². The Morgan fingerprint density at radius 2 is 1.60 bits per heavy atom. The summed E-state index contributed by atoms with van der Waals surface area (Å²) in [6.45, 7) is 13.6. The number of rotatable bonds is 3. The molecule has 1 aromatic carbocycles. The van der Waals surface area contributed by atoms with E-state index in [1.807, 2.05) is 40.7 Å². The average Bonchev–Trinajstić information content (AvgIpc) is 2.65. The van der Waals surface area contributed by atoms with Crippen LogP contribution in [0.4, 0.5) is 0 Å². The van der Waals surface area contributed by atoms with Crippen molar-refractivity contribution >= 4 is 18.6 Å². The molecule has 3 rings (SSSR count). The molecular formula is C18H25BO6. The molecule has 2 aliphatic rings. The second-order valence-corrected chi connectivity index (χ2v) is 7.77. The fraction of sp³-hybridized carbons (Fsp3) is 0.611. The van der Waals surface area contributed by atoms with E-state index in [1.165, 1.54) is 0 Å². The highest BCUT2D eigenvalue weighted by molar-refractivity contribution is 6.63. The third-order valence-electron chi connectivity index (χ3n) is 4.85. The molecule has 0 aromatic heterocycles. The molecule has 0 spiro atoms. The van der Waals surface area contributed by atoms with E-state index in [-0.39, 0.29) is 5.56 Å². The van der Waals surface area contributed by atoms with Crippen LogP contribution < -0.4 is 14.9 Å². The van der Waals surface area contributed by atoms with Gasteiger partial charge in [0.05, 0.1) is 17.8 Å². The fourth-order valence-electron chi connectivity index (χ4n) is 2.86. The quantitative estimate of drug-likeness (QED) is 0.618. The van der Waals surface area contributed by atoms with Gasteiger partial charge in [0.25, 0.3) is 0 Å². The summed E-state index contributed by atoms with van der Waals surface area (Å²) in [4.78, 5) is 12.6. The lowest BCUT2D eigenvalue weighted by atomic mass is 9.77. The van der Waals surface area contributed by atoms with Crippen LogP contribution in [0.15, 0.2) is 12.1 Å². The molecule has 25 heavy (non-hydrogen) atoms. The Hall–Kier alpha value is -1.73. The van der Waals surface area contributed by atoms with Gasteiger partial charge in [-0.05, 0) is 40.7 Å². The van der Waals surface area contributed by atoms with Gasteiger partial charge in [-0.2, -0.15) is 0 Å². The second kappa shape index (κ2) is 5.64. The third-order valence-corrected chi connectivity index (χ3v) is 4.85. The number of carbonyl (C=O) groups excluding carboxylic acids is 1. The molecule has 2 heterocycles. The van der Waals surface area contributed by atoms with E-state index in [9.17, 15) is 4.79 Å². The Morgan fingerprint density at radius 3 is 2.16 bits per heavy atom. The van der Waals surface area contributed by atoms with Crippen molar-refractivity contribution in [3.8, 4) is 11.5 Å². The molecule has 0 aliphatic carbocycles. The Kier molecular flexibility index (Phi) is 4.08. The van der Waals surface area contributed by atoms with Gasteiger partial charge in [0.15, 0.2) is 0 Å². The molecule has 1 fully saturated rings. The SMILES string of the molecule is CCOc1ccc(B2OC(C)(C)C(C)(C)O2)c2c1C(=O)OC(C)(C)O2. The van der Waals surface area contributed by atoms with Gasteiger partial charge in [-0.1, -0.05) is 6.07 Å². The number of ether oxygens (including phenoxy) is 3. The van der Waals surface area contributed by atoms with Crippen molar-refractivity contribution in [2.75, 3.05) is 6.61 Å². The van der Waals surface area contributed by atoms with Crippen LogP contribution in [0.25, 0.3) is 0 Å². The maximum atomic E-state index is 12.6. The van der Waals surface area contributed by atoms with Crippen LogP contribution >= 0.6 is 0 Å². The first kappa shape index (κ1) is 18.1. The largest absolute Gasteiger partial charge is 0.498 e. The lowest BCUT2D eigenvalue weighted by Gasteiger charge is -2.33. The zero-order valence-corrected chi connectivity index (χ0v) is 15.9. The minimum Gasteiger partial charge on any atom is -0.493 e. The number of hydrogen-bond donors (Lipinski definition) is 0. The molecule has 0 saturated carbocycles. The highest BCUT2D eigenvalue weighted by Crippen LogP contribution is 2.40. The van der Waals surface area contributed by atoms with Gasteiger partial charge < -0.3 is 23.5 Å². The lowest BCUT2D eigenvalue weighted by molar-refractivity contribution is -0.127. The Bertz CT molecular complexity index is 694. The smallest absolute Gasteiger partial charge is 0.493 e. The van der Waals surface area contributed by atoms with E-state index in [1.54, 1.807) is 19.9 Å². The summed E-state index contributed by atoms with van der Waals surface area (Å²) in [6, 6.07) is 3.55. The normalized spacial score (nSPS) is 22.8. The summed E-state index contributed by atoms with van der Waals surface area (Å²) < 4.78 is 29.2. The zero-order valence-electron chi connectivity index (χ0n) is 15.9. The van der Waals surface area contributed by atoms with E-state index in [2.05, 4.69) is 0 Å². The summed E-state index contributed by atoms with van der Waals surface area (Å²) in [6.07, 6.45) is 0. The van der Waals surface area contributed by atoms with Crippen molar-refractivity contribution in [2.45, 2.75) is 65.5 Å². The Morgan fingerprint density at radius 1 is 1.00 bits per heavy atom. The van der Waals surface area contributed by atoms with Gasteiger partial charge in [0, 0.05) is 19.3 Å². The molecule has 0 N–H and O–H groups in total. The van der Waals surface area contributed by atoms with Gasteiger partial charge in [-0.25, -0.2) is 4.79 Å². The number of cyclic esters (lactones) is 1. The van der Waals surface area contributed by atoms with Gasteiger partial charge in [0.2, 0.25) is 5.79 Å². The summed E-state index contributed by atoms with van der Waals surface area (Å²) >= 11 is 0. The van der Waals surface area contributed by atoms with Crippen LogP contribution in [-0.4, -0.2) is 36.7 Å². The van der Waals surface area contributed by atoms with E-state index < -0.39 is 30.1 Å². The number of carbonyl (C=O) groups is 1. The molecule has 1 aromatic rings. The fourth-order valence-corrected chi connectivity index (χ4v) is 2.86. The topological polar surface area (TPSA) is 63.2 Å². The lowest BCUT2D eigenvalue weighted by Crippen LogP contribution is -2.44. The van der Waals surface area contributed by atoms with Crippen LogP contribution in [0, 0.1) is 0 Å². The monoisotopic (exact) mass is 348 g/mol. The van der Waals surface area contributed by atoms with E-state index in [0.717, 1.165) is 0 Å². The molecule has 136 valence electrons. The van der Waals surface area contributed by atoms with Gasteiger partial charge in [-0.15, -0.1) is 0 Å². The van der Waals surface area contributed by atoms with Crippen molar-refractivity contribution in [3.63, 3.8) is 0 Å². The molecule has 2 aliphatic heterocycles. The zero-order chi connectivity index (χ0) is 18.6. The average molecular weight is 348 g/mol. The van der Waals surface area contributed by atoms with E-state index >= 15 is 0 Å². The van der Waals surface area contributed by atoms with Gasteiger partial charge in [-0.3, -0.25) is 0 Å². The summed E-state index contributed by atoms with van der Waals surface area (Å²) in [5.41, 5.74) is -0.0583. The highest BCUT2D eigenvalue weighted by atomic mass is 16.7. The summed E-state index contributed by atoms with van der Waals surface area (Å²) in [7, 11) is -0.642. The molecule has 1 saturated heterocycles. The van der Waals surface area contributed by atoms with E-state index in [4.69, 9.17) is 23.5 Å². The highest BCUT2D eigenvalue weighted by Gasteiger charge is 2.53. The minimum atomic E-state index is -1.08. The van der Waals surface area contributed by atoms with Crippen molar-refractivity contribution in [1.29, 1.82) is 0 Å². The predicted molar refractivity (Wildman–Crippen MR) is 93.4 cm³/mol. The molecule has 7 heteroatoms. The standard InChI is InChI=1S/C18H25BO6/c1-8-21-12-10-9-11(19-24-16(2,3)17(4,5)25-19)14-13(12)15(20)23-18(6,7)22-14/h9-10H,8H2,1-7H3. The number of fused-ring (bicyclic) bond motifs is 1. The Labute approximate surface area is 148 Å².